The fourth-order valence-corrected chi connectivity index (χ4v) is 15.4. The van der Waals surface area contributed by atoms with Gasteiger partial charge in [0.2, 0.25) is 0 Å². The second-order valence-electron chi connectivity index (χ2n) is 32.1. The average molecular weight is 1560 g/mol. The summed E-state index contributed by atoms with van der Waals surface area (Å²) in [6, 6.07) is 0. The zero-order valence-electron chi connectivity index (χ0n) is 70.3. The van der Waals surface area contributed by atoms with Gasteiger partial charge in [0.1, 0.15) is 19.3 Å². The maximum atomic E-state index is 13.2. The first-order valence-electron chi connectivity index (χ1n) is 45.6. The lowest BCUT2D eigenvalue weighted by atomic mass is 10.0. The van der Waals surface area contributed by atoms with Gasteiger partial charge in [-0.15, -0.1) is 0 Å². The molecule has 0 spiro atoms. The van der Waals surface area contributed by atoms with E-state index in [4.69, 9.17) is 37.0 Å². The summed E-state index contributed by atoms with van der Waals surface area (Å²) in [6.45, 7) is 7.41. The highest BCUT2D eigenvalue weighted by molar-refractivity contribution is 7.47. The van der Waals surface area contributed by atoms with Crippen molar-refractivity contribution in [3.05, 3.63) is 0 Å². The highest BCUT2D eigenvalue weighted by Gasteiger charge is 2.30. The standard InChI is InChI=1S/C88H172O17P2/c1-6-9-12-15-18-21-24-26-28-30-31-32-33-34-40-44-49-54-59-64-69-74-88(93)105-84(78-99-86(91)72-67-62-57-52-47-42-39-36-35-37-41-46-50-55-60-65-70-81(4)5)80-103-107(96,97)101-76-82(89)75-100-106(94,95)102-79-83(77-98-85(90)71-66-61-56-51-45-23-20-17-14-11-8-3)104-87(92)73-68-63-58-53-48-43-38-29-27-25-22-19-16-13-10-7-2/h81-84,89H,6-80H2,1-5H3,(H,94,95)(H,96,97)/t82-,83+,84+/m0/s1. The lowest BCUT2D eigenvalue weighted by Gasteiger charge is -2.21. The summed E-state index contributed by atoms with van der Waals surface area (Å²) in [5, 5.41) is 10.7. The number of esters is 4. The SMILES string of the molecule is CCCCCCCCCCCCCCCCCCCCCCCC(=O)O[C@H](COC(=O)CCCCCCCCCCCCCCCCCCC(C)C)COP(=O)(O)OC[C@@H](O)COP(=O)(O)OC[C@@H](COC(=O)CCCCCCCCCCCCC)OC(=O)CCCCCCCCCCCCCCCCCC. The van der Waals surface area contributed by atoms with E-state index >= 15 is 0 Å². The van der Waals surface area contributed by atoms with E-state index in [1.54, 1.807) is 0 Å². The summed E-state index contributed by atoms with van der Waals surface area (Å²) < 4.78 is 69.0. The number of unbranched alkanes of at least 4 members (excludes halogenated alkanes) is 60. The van der Waals surface area contributed by atoms with Crippen LogP contribution in [0.15, 0.2) is 0 Å². The molecular formula is C88H172O17P2. The van der Waals surface area contributed by atoms with Gasteiger partial charge in [0.25, 0.3) is 0 Å². The number of phosphoric ester groups is 2. The Bertz CT molecular complexity index is 2030. The van der Waals surface area contributed by atoms with Gasteiger partial charge in [-0.1, -0.05) is 426 Å². The minimum absolute atomic E-state index is 0.109. The van der Waals surface area contributed by atoms with E-state index in [0.29, 0.717) is 25.7 Å². The predicted octanol–water partition coefficient (Wildman–Crippen LogP) is 27.2. The molecule has 0 aliphatic carbocycles. The molecule has 5 atom stereocenters. The van der Waals surface area contributed by atoms with Gasteiger partial charge in [-0.2, -0.15) is 0 Å². The molecular weight excluding hydrogens is 1390 g/mol. The lowest BCUT2D eigenvalue weighted by molar-refractivity contribution is -0.161. The molecule has 19 heteroatoms. The molecule has 0 rings (SSSR count). The zero-order chi connectivity index (χ0) is 78.3. The van der Waals surface area contributed by atoms with Crippen molar-refractivity contribution in [3.63, 3.8) is 0 Å². The van der Waals surface area contributed by atoms with Crippen molar-refractivity contribution in [1.29, 1.82) is 0 Å². The monoisotopic (exact) mass is 1560 g/mol. The molecule has 0 aromatic carbocycles. The number of aliphatic hydroxyl groups is 1. The molecule has 0 aromatic rings. The summed E-state index contributed by atoms with van der Waals surface area (Å²) in [5.74, 6) is -1.28. The van der Waals surface area contributed by atoms with Crippen molar-refractivity contribution in [2.75, 3.05) is 39.6 Å². The molecule has 0 fully saturated rings. The number of aliphatic hydroxyl groups excluding tert-OH is 1. The first-order valence-corrected chi connectivity index (χ1v) is 48.6. The molecule has 0 saturated carbocycles. The third kappa shape index (κ3) is 81.9. The van der Waals surface area contributed by atoms with Crippen molar-refractivity contribution in [2.24, 2.45) is 5.92 Å². The van der Waals surface area contributed by atoms with Crippen LogP contribution in [0, 0.1) is 5.92 Å². The molecule has 636 valence electrons. The van der Waals surface area contributed by atoms with Crippen molar-refractivity contribution < 1.29 is 80.2 Å². The van der Waals surface area contributed by atoms with E-state index < -0.39 is 97.5 Å². The quantitative estimate of drug-likeness (QED) is 0.0222. The molecule has 0 radical (unpaired) electrons. The van der Waals surface area contributed by atoms with E-state index in [2.05, 4.69) is 34.6 Å². The number of hydrogen-bond donors (Lipinski definition) is 3. The maximum absolute atomic E-state index is 13.2. The molecule has 0 saturated heterocycles. The average Bonchev–Trinajstić information content (AvgIpc) is 0.910. The Morgan fingerprint density at radius 1 is 0.252 bits per heavy atom. The molecule has 0 bridgehead atoms. The topological polar surface area (TPSA) is 237 Å². The molecule has 0 aromatic heterocycles. The normalized spacial score (nSPS) is 13.7. The van der Waals surface area contributed by atoms with Crippen molar-refractivity contribution >= 4 is 39.5 Å². The van der Waals surface area contributed by atoms with Crippen LogP contribution in [-0.4, -0.2) is 96.7 Å². The second kappa shape index (κ2) is 80.7. The van der Waals surface area contributed by atoms with Crippen LogP contribution in [0.25, 0.3) is 0 Å². The van der Waals surface area contributed by atoms with Crippen LogP contribution in [0.3, 0.4) is 0 Å². The summed E-state index contributed by atoms with van der Waals surface area (Å²) in [6.07, 6.45) is 75.0. The predicted molar refractivity (Wildman–Crippen MR) is 442 cm³/mol. The number of carbonyl (C=O) groups excluding carboxylic acids is 4. The van der Waals surface area contributed by atoms with E-state index in [1.165, 1.54) is 302 Å². The Hall–Kier alpha value is -1.94. The number of phosphoric acid groups is 2. The number of hydrogen-bond acceptors (Lipinski definition) is 15. The highest BCUT2D eigenvalue weighted by Crippen LogP contribution is 2.45. The van der Waals surface area contributed by atoms with Gasteiger partial charge in [-0.05, 0) is 31.6 Å². The van der Waals surface area contributed by atoms with Crippen LogP contribution in [0.4, 0.5) is 0 Å². The van der Waals surface area contributed by atoms with E-state index in [1.807, 2.05) is 0 Å². The Morgan fingerprint density at radius 3 is 0.636 bits per heavy atom. The second-order valence-corrected chi connectivity index (χ2v) is 35.0. The molecule has 0 heterocycles. The van der Waals surface area contributed by atoms with Crippen LogP contribution in [0.1, 0.15) is 478 Å². The molecule has 2 unspecified atom stereocenters. The van der Waals surface area contributed by atoms with Crippen LogP contribution in [-0.2, 0) is 65.4 Å². The number of rotatable bonds is 88. The first-order chi connectivity index (χ1) is 52.0. The minimum Gasteiger partial charge on any atom is -0.462 e. The summed E-state index contributed by atoms with van der Waals surface area (Å²) >= 11 is 0. The van der Waals surface area contributed by atoms with Gasteiger partial charge >= 0.3 is 39.5 Å². The van der Waals surface area contributed by atoms with Crippen LogP contribution >= 0.6 is 15.6 Å². The van der Waals surface area contributed by atoms with E-state index in [9.17, 15) is 43.2 Å². The smallest absolute Gasteiger partial charge is 0.462 e. The van der Waals surface area contributed by atoms with Gasteiger partial charge in [-0.3, -0.25) is 37.3 Å². The molecule has 0 aliphatic heterocycles. The van der Waals surface area contributed by atoms with Gasteiger partial charge in [0.05, 0.1) is 26.4 Å². The van der Waals surface area contributed by atoms with Gasteiger partial charge < -0.3 is 33.8 Å². The van der Waals surface area contributed by atoms with E-state index in [0.717, 1.165) is 95.8 Å². The Labute approximate surface area is 658 Å². The van der Waals surface area contributed by atoms with E-state index in [-0.39, 0.29) is 25.7 Å². The summed E-state index contributed by atoms with van der Waals surface area (Å²) in [4.78, 5) is 73.3. The maximum Gasteiger partial charge on any atom is 0.472 e. The lowest BCUT2D eigenvalue weighted by Crippen LogP contribution is -2.30. The molecule has 0 aliphatic rings. The summed E-state index contributed by atoms with van der Waals surface area (Å²) in [5.41, 5.74) is 0. The van der Waals surface area contributed by atoms with Gasteiger partial charge in [0, 0.05) is 25.7 Å². The molecule has 0 amide bonds. The minimum atomic E-state index is -4.97. The largest absolute Gasteiger partial charge is 0.472 e. The fraction of sp³-hybridized carbons (Fsp3) is 0.955. The third-order valence-electron chi connectivity index (χ3n) is 20.8. The van der Waals surface area contributed by atoms with Gasteiger partial charge in [0.15, 0.2) is 12.2 Å². The Kier molecular flexibility index (Phi) is 79.2. The first kappa shape index (κ1) is 105. The van der Waals surface area contributed by atoms with Crippen molar-refractivity contribution in [3.8, 4) is 0 Å². The van der Waals surface area contributed by atoms with Crippen LogP contribution in [0.5, 0.6) is 0 Å². The molecule has 17 nitrogen and oxygen atoms in total. The fourth-order valence-electron chi connectivity index (χ4n) is 13.8. The Morgan fingerprint density at radius 2 is 0.430 bits per heavy atom. The van der Waals surface area contributed by atoms with Crippen molar-refractivity contribution in [2.45, 2.75) is 496 Å². The summed E-state index contributed by atoms with van der Waals surface area (Å²) in [7, 11) is -9.93. The highest BCUT2D eigenvalue weighted by atomic mass is 31.2. The number of ether oxygens (including phenoxy) is 4. The Balaban J connectivity index is 5.23. The molecule has 3 N–H and O–H groups in total. The van der Waals surface area contributed by atoms with Crippen LogP contribution in [0.2, 0.25) is 0 Å². The van der Waals surface area contributed by atoms with Crippen LogP contribution < -0.4 is 0 Å². The zero-order valence-corrected chi connectivity index (χ0v) is 72.1. The van der Waals surface area contributed by atoms with Gasteiger partial charge in [-0.25, -0.2) is 9.13 Å². The third-order valence-corrected chi connectivity index (χ3v) is 22.7. The number of carbonyl (C=O) groups is 4. The van der Waals surface area contributed by atoms with Crippen molar-refractivity contribution in [1.82, 2.24) is 0 Å². The molecule has 107 heavy (non-hydrogen) atoms.